The van der Waals surface area contributed by atoms with Gasteiger partial charge in [0, 0.05) is 11.6 Å². The van der Waals surface area contributed by atoms with Crippen molar-refractivity contribution in [2.24, 2.45) is 0 Å². The molecule has 2 heteroatoms. The van der Waals surface area contributed by atoms with Gasteiger partial charge in [-0.25, -0.2) is 0 Å². The van der Waals surface area contributed by atoms with Crippen LogP contribution in [0.25, 0.3) is 0 Å². The zero-order chi connectivity index (χ0) is 15.8. The van der Waals surface area contributed by atoms with Crippen LogP contribution >= 0.6 is 0 Å². The highest BCUT2D eigenvalue weighted by Crippen LogP contribution is 2.09. The van der Waals surface area contributed by atoms with E-state index in [9.17, 15) is 0 Å². The smallest absolute Gasteiger partial charge is 0.102 e. The molecule has 1 unspecified atom stereocenters. The first-order valence-corrected chi connectivity index (χ1v) is 8.83. The van der Waals surface area contributed by atoms with Crippen molar-refractivity contribution in [3.63, 3.8) is 0 Å². The van der Waals surface area contributed by atoms with E-state index >= 15 is 0 Å². The zero-order valence-electron chi connectivity index (χ0n) is 14.2. The largest absolute Gasteiger partial charge is 0.512 e. The maximum absolute atomic E-state index is 6.25. The van der Waals surface area contributed by atoms with E-state index < -0.39 is 0 Å². The molecule has 0 aromatic carbocycles. The predicted octanol–water partition coefficient (Wildman–Crippen LogP) is 4.71. The van der Waals surface area contributed by atoms with Gasteiger partial charge in [-0.15, -0.1) is 0 Å². The van der Waals surface area contributed by atoms with E-state index in [1.165, 1.54) is 82.7 Å². The van der Waals surface area contributed by atoms with E-state index in [4.69, 9.17) is 11.8 Å². The van der Waals surface area contributed by atoms with Crippen LogP contribution in [0, 0.1) is 11.8 Å². The Bertz CT molecular complexity index is 302. The summed E-state index contributed by atoms with van der Waals surface area (Å²) in [6.45, 7) is 10.6. The first kappa shape index (κ1) is 19.9. The van der Waals surface area contributed by atoms with Gasteiger partial charge in [0.05, 0.1) is 12.7 Å². The number of unbranched alkanes of at least 4 members (excludes halogenated alkanes) is 8. The highest BCUT2D eigenvalue weighted by Gasteiger charge is 2.09. The predicted molar refractivity (Wildman–Crippen MR) is 90.2 cm³/mol. The lowest BCUT2D eigenvalue weighted by Crippen LogP contribution is -3.01. The number of hydrogen-bond acceptors (Lipinski definition) is 1. The second-order valence-electron chi connectivity index (χ2n) is 5.96. The van der Waals surface area contributed by atoms with Gasteiger partial charge >= 0.3 is 0 Å². The summed E-state index contributed by atoms with van der Waals surface area (Å²) in [5, 5.41) is 6.25. The summed E-state index contributed by atoms with van der Waals surface area (Å²) in [5.74, 6) is 0. The maximum atomic E-state index is 6.25. The number of nitrogens with zero attached hydrogens (tertiary/aromatic N) is 1. The van der Waals surface area contributed by atoms with E-state index in [2.05, 4.69) is 32.3 Å². The molecule has 1 heterocycles. The lowest BCUT2D eigenvalue weighted by molar-refractivity contribution is -0.788. The number of allylic oxidation sites excluding steroid dienone is 2. The molecule has 21 heavy (non-hydrogen) atoms. The van der Waals surface area contributed by atoms with Crippen molar-refractivity contribution in [1.82, 2.24) is 0 Å². The fraction of sp³-hybridized carbons (Fsp3) is 0.737. The molecule has 0 radical (unpaired) electrons. The summed E-state index contributed by atoms with van der Waals surface area (Å²) in [6, 6.07) is 0. The van der Waals surface area contributed by atoms with Crippen molar-refractivity contribution in [2.45, 2.75) is 84.5 Å². The molecule has 1 aliphatic heterocycles. The number of nitrogens with one attached hydrogen (secondary N) is 1. The Morgan fingerprint density at radius 3 is 2.00 bits per heavy atom. The topological polar surface area (TPSA) is 28.2 Å². The average Bonchev–Trinajstić information content (AvgIpc) is 2.96. The lowest BCUT2D eigenvalue weighted by Gasteiger charge is -2.06. The van der Waals surface area contributed by atoms with Crippen LogP contribution in [-0.4, -0.2) is 6.54 Å². The quantitative estimate of drug-likeness (QED) is 0.409. The molecule has 0 aliphatic carbocycles. The van der Waals surface area contributed by atoms with Crippen LogP contribution in [0.15, 0.2) is 24.0 Å². The molecular formula is C19H34N2. The molecule has 0 saturated heterocycles. The molecule has 1 atom stereocenters. The molecule has 0 spiro atoms. The molecule has 1 N–H and O–H groups in total. The Labute approximate surface area is 132 Å². The highest BCUT2D eigenvalue weighted by molar-refractivity contribution is 5.17. The van der Waals surface area contributed by atoms with Crippen molar-refractivity contribution < 1.29 is 4.90 Å². The van der Waals surface area contributed by atoms with Gasteiger partial charge < -0.3 is 11.8 Å². The normalized spacial score (nSPS) is 16.4. The Hall–Kier alpha value is -1.07. The standard InChI is InChI=1S/C18H33N.CN/c1-3-5-6-7-8-9-10-11-12-15-19-16-14-18(17-19)13-4-2;1-2/h14,16-17H,3-13,15H2,1-2H3;/q;-1/p+1. The van der Waals surface area contributed by atoms with Crippen molar-refractivity contribution in [3.05, 3.63) is 30.6 Å². The second-order valence-corrected chi connectivity index (χ2v) is 5.96. The summed E-state index contributed by atoms with van der Waals surface area (Å²) in [7, 11) is 0. The average molecular weight is 290 g/mol. The molecule has 2 nitrogen and oxygen atoms in total. The molecular weight excluding hydrogens is 256 g/mol. The van der Waals surface area contributed by atoms with E-state index in [-0.39, 0.29) is 0 Å². The van der Waals surface area contributed by atoms with Crippen molar-refractivity contribution in [1.29, 1.82) is 5.26 Å². The van der Waals surface area contributed by atoms with Gasteiger partial charge in [0.1, 0.15) is 6.20 Å². The van der Waals surface area contributed by atoms with Crippen LogP contribution < -0.4 is 4.90 Å². The number of hydrogen-bond donors (Lipinski definition) is 1. The Morgan fingerprint density at radius 1 is 0.857 bits per heavy atom. The van der Waals surface area contributed by atoms with Crippen molar-refractivity contribution in [3.8, 4) is 0 Å². The van der Waals surface area contributed by atoms with Gasteiger partial charge in [-0.2, -0.15) is 0 Å². The van der Waals surface area contributed by atoms with E-state index in [1.54, 1.807) is 4.90 Å². The fourth-order valence-corrected chi connectivity index (χ4v) is 2.79. The summed E-state index contributed by atoms with van der Waals surface area (Å²) in [5.41, 5.74) is 1.54. The van der Waals surface area contributed by atoms with E-state index in [0.717, 1.165) is 0 Å². The third-order valence-corrected chi connectivity index (χ3v) is 3.99. The summed E-state index contributed by atoms with van der Waals surface area (Å²) >= 11 is 0. The van der Waals surface area contributed by atoms with Crippen LogP contribution in [0.1, 0.15) is 84.5 Å². The van der Waals surface area contributed by atoms with Gasteiger partial charge in [-0.05, 0) is 19.3 Å². The van der Waals surface area contributed by atoms with Gasteiger partial charge in [-0.1, -0.05) is 65.2 Å². The van der Waals surface area contributed by atoms with Gasteiger partial charge in [0.2, 0.25) is 0 Å². The molecule has 120 valence electrons. The van der Waals surface area contributed by atoms with Crippen LogP contribution in [0.5, 0.6) is 0 Å². The minimum atomic E-state index is 1.25. The van der Waals surface area contributed by atoms with E-state index in [0.29, 0.717) is 0 Å². The lowest BCUT2D eigenvalue weighted by atomic mass is 10.1. The van der Waals surface area contributed by atoms with Gasteiger partial charge in [-0.3, -0.25) is 4.90 Å². The van der Waals surface area contributed by atoms with Crippen molar-refractivity contribution in [2.75, 3.05) is 6.54 Å². The molecule has 1 aliphatic rings. The van der Waals surface area contributed by atoms with Crippen LogP contribution in [0.2, 0.25) is 0 Å². The molecule has 1 rings (SSSR count). The van der Waals surface area contributed by atoms with Gasteiger partial charge in [0.25, 0.3) is 0 Å². The summed E-state index contributed by atoms with van der Waals surface area (Å²) in [6.07, 6.45) is 22.4. The first-order valence-electron chi connectivity index (χ1n) is 8.83. The van der Waals surface area contributed by atoms with Crippen LogP contribution in [-0.2, 0) is 0 Å². The molecule has 0 aromatic heterocycles. The highest BCUT2D eigenvalue weighted by atomic mass is 15.1. The minimum Gasteiger partial charge on any atom is -0.512 e. The second kappa shape index (κ2) is 15.3. The van der Waals surface area contributed by atoms with Gasteiger partial charge in [0.15, 0.2) is 0 Å². The van der Waals surface area contributed by atoms with Crippen LogP contribution in [0.3, 0.4) is 0 Å². The van der Waals surface area contributed by atoms with E-state index in [1.807, 2.05) is 0 Å². The minimum absolute atomic E-state index is 1.25. The Morgan fingerprint density at radius 2 is 1.43 bits per heavy atom. The molecule has 0 amide bonds. The maximum Gasteiger partial charge on any atom is 0.102 e. The molecule has 0 saturated carbocycles. The first-order chi connectivity index (χ1) is 10.4. The third-order valence-electron chi connectivity index (χ3n) is 3.99. The van der Waals surface area contributed by atoms with Crippen LogP contribution in [0.4, 0.5) is 0 Å². The Kier molecular flexibility index (Phi) is 14.5. The molecule has 0 bridgehead atoms. The number of rotatable bonds is 12. The zero-order valence-corrected chi connectivity index (χ0v) is 14.2. The molecule has 0 aromatic rings. The summed E-state index contributed by atoms with van der Waals surface area (Å²) < 4.78 is 0. The Balaban J connectivity index is 0.00000191. The van der Waals surface area contributed by atoms with Crippen molar-refractivity contribution >= 4 is 0 Å². The fourth-order valence-electron chi connectivity index (χ4n) is 2.79. The number of quaternary nitrogens is 1. The monoisotopic (exact) mass is 290 g/mol. The SMILES string of the molecule is CCCCCCCCCCC[NH+]1C=CC(CCC)=C1.[C-]#N. The summed E-state index contributed by atoms with van der Waals surface area (Å²) in [4.78, 5) is 1.56. The molecule has 0 fully saturated rings. The third kappa shape index (κ3) is 11.3.